The number of aryl methyl sites for hydroxylation is 1. The van der Waals surface area contributed by atoms with Gasteiger partial charge in [0.15, 0.2) is 0 Å². The molecule has 110 valence electrons. The summed E-state index contributed by atoms with van der Waals surface area (Å²) in [5, 5.41) is 10.7. The van der Waals surface area contributed by atoms with Gasteiger partial charge in [-0.05, 0) is 30.7 Å². The molecule has 0 radical (unpaired) electrons. The van der Waals surface area contributed by atoms with E-state index in [0.717, 1.165) is 23.8 Å². The van der Waals surface area contributed by atoms with Crippen LogP contribution in [0.2, 0.25) is 0 Å². The van der Waals surface area contributed by atoms with Crippen LogP contribution >= 0.6 is 0 Å². The van der Waals surface area contributed by atoms with Crippen LogP contribution in [0.4, 0.5) is 17.1 Å². The third-order valence-corrected chi connectivity index (χ3v) is 4.01. The predicted octanol–water partition coefficient (Wildman–Crippen LogP) is 1.68. The lowest BCUT2D eigenvalue weighted by Gasteiger charge is -2.08. The fraction of sp³-hybridized carbons (Fsp3) is 0.0833. The quantitative estimate of drug-likeness (QED) is 0.502. The van der Waals surface area contributed by atoms with Crippen molar-refractivity contribution in [2.75, 3.05) is 10.5 Å². The van der Waals surface area contributed by atoms with E-state index in [1.54, 1.807) is 19.2 Å². The maximum atomic E-state index is 12.2. The molecule has 1 aromatic heterocycles. The molecule has 0 saturated heterocycles. The molecule has 0 unspecified atom stereocenters. The average Bonchev–Trinajstić information content (AvgIpc) is 2.37. The Morgan fingerprint density at radius 3 is 2.57 bits per heavy atom. The third kappa shape index (κ3) is 3.26. The van der Waals surface area contributed by atoms with Crippen molar-refractivity contribution in [2.24, 2.45) is 0 Å². The van der Waals surface area contributed by atoms with Gasteiger partial charge in [0.25, 0.3) is 15.7 Å². The summed E-state index contributed by atoms with van der Waals surface area (Å²) in [6, 6.07) is 4.83. The lowest BCUT2D eigenvalue weighted by molar-refractivity contribution is -0.383. The Morgan fingerprint density at radius 1 is 1.29 bits per heavy atom. The first kappa shape index (κ1) is 14.7. The van der Waals surface area contributed by atoms with Crippen LogP contribution in [0.3, 0.4) is 0 Å². The second-order valence-corrected chi connectivity index (χ2v) is 6.02. The molecule has 3 N–H and O–H groups in total. The van der Waals surface area contributed by atoms with Crippen molar-refractivity contribution >= 4 is 27.1 Å². The van der Waals surface area contributed by atoms with E-state index in [0.29, 0.717) is 5.69 Å². The van der Waals surface area contributed by atoms with Crippen LogP contribution in [-0.4, -0.2) is 18.3 Å². The molecule has 2 rings (SSSR count). The normalized spacial score (nSPS) is 11.1. The van der Waals surface area contributed by atoms with Gasteiger partial charge in [-0.1, -0.05) is 0 Å². The van der Waals surface area contributed by atoms with Gasteiger partial charge >= 0.3 is 0 Å². The monoisotopic (exact) mass is 308 g/mol. The topological polar surface area (TPSA) is 128 Å². The number of nitrogens with two attached hydrogens (primary N) is 1. The first-order chi connectivity index (χ1) is 9.79. The average molecular weight is 308 g/mol. The molecule has 0 fully saturated rings. The summed E-state index contributed by atoms with van der Waals surface area (Å²) in [4.78, 5) is 13.7. The Labute approximate surface area is 120 Å². The van der Waals surface area contributed by atoms with Gasteiger partial charge < -0.3 is 5.73 Å². The van der Waals surface area contributed by atoms with Crippen LogP contribution in [0, 0.1) is 17.0 Å². The third-order valence-electron chi connectivity index (χ3n) is 2.63. The van der Waals surface area contributed by atoms with Crippen molar-refractivity contribution in [1.29, 1.82) is 0 Å². The molecular formula is C12H12N4O4S. The highest BCUT2D eigenvalue weighted by atomic mass is 32.2. The Balaban J connectivity index is 2.36. The summed E-state index contributed by atoms with van der Waals surface area (Å²) in [7, 11) is -3.89. The van der Waals surface area contributed by atoms with Gasteiger partial charge in [0.05, 0.1) is 21.7 Å². The molecule has 9 heteroatoms. The van der Waals surface area contributed by atoms with Crippen LogP contribution < -0.4 is 10.5 Å². The maximum absolute atomic E-state index is 12.2. The zero-order valence-electron chi connectivity index (χ0n) is 11.0. The summed E-state index contributed by atoms with van der Waals surface area (Å²) in [6.45, 7) is 1.77. The maximum Gasteiger partial charge on any atom is 0.292 e. The molecule has 1 aromatic carbocycles. The van der Waals surface area contributed by atoms with Crippen molar-refractivity contribution in [3.05, 3.63) is 52.3 Å². The highest BCUT2D eigenvalue weighted by Crippen LogP contribution is 2.25. The zero-order valence-corrected chi connectivity index (χ0v) is 11.8. The number of benzene rings is 1. The number of sulfonamides is 1. The standard InChI is InChI=1S/C12H12N4O4S/c1-8-4-9(7-14-6-8)15-21(19,20)10-2-3-12(16(17)18)11(13)5-10/h2-7,15H,13H2,1H3. The highest BCUT2D eigenvalue weighted by Gasteiger charge is 2.19. The van der Waals surface area contributed by atoms with Gasteiger partial charge in [-0.3, -0.25) is 19.8 Å². The number of hydrogen-bond donors (Lipinski definition) is 2. The van der Waals surface area contributed by atoms with E-state index in [1.807, 2.05) is 0 Å². The minimum Gasteiger partial charge on any atom is -0.393 e. The first-order valence-electron chi connectivity index (χ1n) is 5.78. The van der Waals surface area contributed by atoms with Crippen molar-refractivity contribution in [3.63, 3.8) is 0 Å². The molecule has 0 spiro atoms. The lowest BCUT2D eigenvalue weighted by atomic mass is 10.3. The lowest BCUT2D eigenvalue weighted by Crippen LogP contribution is -2.13. The Bertz CT molecular complexity index is 805. The molecule has 0 atom stereocenters. The predicted molar refractivity (Wildman–Crippen MR) is 77.3 cm³/mol. The summed E-state index contributed by atoms with van der Waals surface area (Å²) in [5.74, 6) is 0. The van der Waals surface area contributed by atoms with E-state index in [1.165, 1.54) is 6.20 Å². The summed E-state index contributed by atoms with van der Waals surface area (Å²) < 4.78 is 26.7. The van der Waals surface area contributed by atoms with Crippen LogP contribution in [0.15, 0.2) is 41.6 Å². The number of rotatable bonds is 4. The molecule has 0 aliphatic rings. The van der Waals surface area contributed by atoms with Gasteiger partial charge in [0.2, 0.25) is 0 Å². The summed E-state index contributed by atoms with van der Waals surface area (Å²) >= 11 is 0. The number of nitrogens with one attached hydrogen (secondary N) is 1. The molecular weight excluding hydrogens is 296 g/mol. The number of nitrogens with zero attached hydrogens (tertiary/aromatic N) is 2. The molecule has 21 heavy (non-hydrogen) atoms. The van der Waals surface area contributed by atoms with E-state index >= 15 is 0 Å². The van der Waals surface area contributed by atoms with Gasteiger partial charge in [0, 0.05) is 12.3 Å². The van der Waals surface area contributed by atoms with Crippen LogP contribution in [0.1, 0.15) is 5.56 Å². The minimum absolute atomic E-state index is 0.160. The van der Waals surface area contributed by atoms with E-state index in [4.69, 9.17) is 5.73 Å². The van der Waals surface area contributed by atoms with E-state index < -0.39 is 14.9 Å². The SMILES string of the molecule is Cc1cncc(NS(=O)(=O)c2ccc([N+](=O)[O-])c(N)c2)c1. The number of pyridine rings is 1. The summed E-state index contributed by atoms with van der Waals surface area (Å²) in [5.41, 5.74) is 6.02. The number of anilines is 2. The number of nitrogen functional groups attached to an aromatic ring is 1. The minimum atomic E-state index is -3.89. The molecule has 0 bridgehead atoms. The molecule has 1 heterocycles. The van der Waals surface area contributed by atoms with Gasteiger partial charge in [-0.2, -0.15) is 0 Å². The zero-order chi connectivity index (χ0) is 15.6. The smallest absolute Gasteiger partial charge is 0.292 e. The fourth-order valence-electron chi connectivity index (χ4n) is 1.69. The van der Waals surface area contributed by atoms with Crippen LogP contribution in [-0.2, 0) is 10.0 Å². The van der Waals surface area contributed by atoms with E-state index in [9.17, 15) is 18.5 Å². The number of nitro benzene ring substituents is 1. The Morgan fingerprint density at radius 2 is 2.00 bits per heavy atom. The van der Waals surface area contributed by atoms with Crippen molar-refractivity contribution in [1.82, 2.24) is 4.98 Å². The summed E-state index contributed by atoms with van der Waals surface area (Å²) in [6.07, 6.45) is 2.95. The molecule has 0 amide bonds. The van der Waals surface area contributed by atoms with E-state index in [2.05, 4.69) is 9.71 Å². The van der Waals surface area contributed by atoms with Crippen molar-refractivity contribution < 1.29 is 13.3 Å². The Hall–Kier alpha value is -2.68. The number of hydrogen-bond acceptors (Lipinski definition) is 6. The fourth-order valence-corrected chi connectivity index (χ4v) is 2.76. The molecule has 0 aliphatic carbocycles. The largest absolute Gasteiger partial charge is 0.393 e. The number of nitro groups is 1. The van der Waals surface area contributed by atoms with Crippen molar-refractivity contribution in [2.45, 2.75) is 11.8 Å². The second kappa shape index (κ2) is 5.37. The van der Waals surface area contributed by atoms with Gasteiger partial charge in [0.1, 0.15) is 5.69 Å². The molecule has 0 saturated carbocycles. The van der Waals surface area contributed by atoms with Crippen LogP contribution in [0.25, 0.3) is 0 Å². The first-order valence-corrected chi connectivity index (χ1v) is 7.26. The van der Waals surface area contributed by atoms with Gasteiger partial charge in [-0.15, -0.1) is 0 Å². The molecule has 8 nitrogen and oxygen atoms in total. The number of aromatic nitrogens is 1. The second-order valence-electron chi connectivity index (χ2n) is 4.33. The molecule has 2 aromatic rings. The van der Waals surface area contributed by atoms with Gasteiger partial charge in [-0.25, -0.2) is 8.42 Å². The van der Waals surface area contributed by atoms with Crippen molar-refractivity contribution in [3.8, 4) is 0 Å². The van der Waals surface area contributed by atoms with E-state index in [-0.39, 0.29) is 16.3 Å². The highest BCUT2D eigenvalue weighted by molar-refractivity contribution is 7.92. The Kier molecular flexibility index (Phi) is 3.76. The molecule has 0 aliphatic heterocycles. The van der Waals surface area contributed by atoms with Crippen LogP contribution in [0.5, 0.6) is 0 Å².